The van der Waals surface area contributed by atoms with Crippen LogP contribution in [0.5, 0.6) is 0 Å². The Balaban J connectivity index is 1.90. The van der Waals surface area contributed by atoms with E-state index in [0.717, 1.165) is 22.3 Å². The van der Waals surface area contributed by atoms with Gasteiger partial charge in [-0.1, -0.05) is 98.3 Å². The van der Waals surface area contributed by atoms with E-state index in [1.165, 1.54) is 5.56 Å². The molecule has 0 aromatic heterocycles. The third kappa shape index (κ3) is 8.10. The molecule has 0 aliphatic rings. The molecule has 4 heteroatoms. The number of amides is 2. The first-order chi connectivity index (χ1) is 16.8. The van der Waals surface area contributed by atoms with Crippen molar-refractivity contribution in [3.63, 3.8) is 0 Å². The summed E-state index contributed by atoms with van der Waals surface area (Å²) in [5, 5.41) is 3.09. The van der Waals surface area contributed by atoms with Crippen molar-refractivity contribution in [2.24, 2.45) is 5.92 Å². The normalized spacial score (nSPS) is 11.8. The van der Waals surface area contributed by atoms with Gasteiger partial charge in [-0.05, 0) is 48.4 Å². The lowest BCUT2D eigenvalue weighted by Crippen LogP contribution is -2.51. The van der Waals surface area contributed by atoms with Gasteiger partial charge in [-0.15, -0.1) is 0 Å². The summed E-state index contributed by atoms with van der Waals surface area (Å²) in [6, 6.07) is 25.7. The Morgan fingerprint density at radius 2 is 1.49 bits per heavy atom. The Kier molecular flexibility index (Phi) is 9.66. The molecule has 0 spiro atoms. The number of hydrogen-bond donors (Lipinski definition) is 1. The second-order valence-corrected chi connectivity index (χ2v) is 9.78. The summed E-state index contributed by atoms with van der Waals surface area (Å²) < 4.78 is 0. The predicted octanol–water partition coefficient (Wildman–Crippen LogP) is 5.65. The minimum absolute atomic E-state index is 0.00513. The quantitative estimate of drug-likeness (QED) is 0.394. The number of carbonyl (C=O) groups excluding carboxylic acids is 2. The van der Waals surface area contributed by atoms with Crippen LogP contribution in [-0.4, -0.2) is 29.3 Å². The first-order valence-electron chi connectivity index (χ1n) is 12.5. The fourth-order valence-corrected chi connectivity index (χ4v) is 4.10. The lowest BCUT2D eigenvalue weighted by Gasteiger charge is -2.32. The van der Waals surface area contributed by atoms with E-state index in [-0.39, 0.29) is 11.8 Å². The molecule has 4 nitrogen and oxygen atoms in total. The highest BCUT2D eigenvalue weighted by molar-refractivity contribution is 5.88. The molecule has 0 fully saturated rings. The number of hydrogen-bond acceptors (Lipinski definition) is 2. The van der Waals surface area contributed by atoms with Gasteiger partial charge in [0.05, 0.1) is 0 Å². The molecule has 184 valence electrons. The van der Waals surface area contributed by atoms with Crippen molar-refractivity contribution in [3.05, 3.63) is 107 Å². The molecular weight excluding hydrogens is 432 g/mol. The first-order valence-corrected chi connectivity index (χ1v) is 12.5. The molecule has 0 saturated heterocycles. The summed E-state index contributed by atoms with van der Waals surface area (Å²) in [5.74, 6) is 0.229. The molecule has 0 saturated carbocycles. The minimum Gasteiger partial charge on any atom is -0.354 e. The molecular formula is C31H38N2O2. The van der Waals surface area contributed by atoms with E-state index in [4.69, 9.17) is 0 Å². The maximum Gasteiger partial charge on any atom is 0.243 e. The Morgan fingerprint density at radius 3 is 2.14 bits per heavy atom. The third-order valence-corrected chi connectivity index (χ3v) is 6.31. The van der Waals surface area contributed by atoms with Gasteiger partial charge in [-0.2, -0.15) is 0 Å². The maximum absolute atomic E-state index is 13.7. The Morgan fingerprint density at radius 1 is 0.829 bits per heavy atom. The molecule has 3 aromatic rings. The number of nitrogens with one attached hydrogen (secondary N) is 1. The number of benzene rings is 3. The molecule has 35 heavy (non-hydrogen) atoms. The molecule has 1 N–H and O–H groups in total. The summed E-state index contributed by atoms with van der Waals surface area (Å²) in [6.07, 6.45) is 1.49. The first kappa shape index (κ1) is 26.2. The van der Waals surface area contributed by atoms with E-state index >= 15 is 0 Å². The van der Waals surface area contributed by atoms with Crippen LogP contribution in [0, 0.1) is 19.8 Å². The van der Waals surface area contributed by atoms with Crippen LogP contribution in [0.25, 0.3) is 0 Å². The second-order valence-electron chi connectivity index (χ2n) is 9.78. The average Bonchev–Trinajstić information content (AvgIpc) is 2.85. The van der Waals surface area contributed by atoms with Gasteiger partial charge >= 0.3 is 0 Å². The SMILES string of the molecule is Cc1ccc(CCC(=O)N(Cc2ccccc2C)C(Cc2ccccc2)C(=O)NCC(C)C)cc1. The molecule has 1 atom stereocenters. The van der Waals surface area contributed by atoms with Crippen LogP contribution in [0.2, 0.25) is 0 Å². The van der Waals surface area contributed by atoms with Gasteiger partial charge in [0.1, 0.15) is 6.04 Å². The standard InChI is InChI=1S/C31H38N2O2/c1-23(2)21-32-31(35)29(20-27-11-6-5-7-12-27)33(22-28-13-9-8-10-25(28)4)30(34)19-18-26-16-14-24(3)15-17-26/h5-17,23,29H,18-22H2,1-4H3,(H,32,35). The number of carbonyl (C=O) groups is 2. The molecule has 0 heterocycles. The van der Waals surface area contributed by atoms with Crippen LogP contribution in [0.3, 0.4) is 0 Å². The molecule has 3 rings (SSSR count). The van der Waals surface area contributed by atoms with Crippen LogP contribution >= 0.6 is 0 Å². The van der Waals surface area contributed by atoms with Gasteiger partial charge in [-0.25, -0.2) is 0 Å². The Hall–Kier alpha value is -3.40. The van der Waals surface area contributed by atoms with Gasteiger partial charge in [0.25, 0.3) is 0 Å². The lowest BCUT2D eigenvalue weighted by atomic mass is 10.00. The van der Waals surface area contributed by atoms with E-state index in [1.54, 1.807) is 4.90 Å². The van der Waals surface area contributed by atoms with Gasteiger partial charge in [-0.3, -0.25) is 9.59 Å². The number of aryl methyl sites for hydroxylation is 3. The minimum atomic E-state index is -0.582. The molecule has 1 unspecified atom stereocenters. The largest absolute Gasteiger partial charge is 0.354 e. The van der Waals surface area contributed by atoms with Crippen LogP contribution in [0.4, 0.5) is 0 Å². The summed E-state index contributed by atoms with van der Waals surface area (Å²) in [5.41, 5.74) is 5.55. The summed E-state index contributed by atoms with van der Waals surface area (Å²) in [7, 11) is 0. The van der Waals surface area contributed by atoms with E-state index in [9.17, 15) is 9.59 Å². The van der Waals surface area contributed by atoms with E-state index in [0.29, 0.717) is 38.3 Å². The van der Waals surface area contributed by atoms with Gasteiger partial charge < -0.3 is 10.2 Å². The molecule has 0 aliphatic heterocycles. The van der Waals surface area contributed by atoms with Gasteiger partial charge in [0, 0.05) is 25.9 Å². The van der Waals surface area contributed by atoms with Crippen LogP contribution in [0.15, 0.2) is 78.9 Å². The van der Waals surface area contributed by atoms with Gasteiger partial charge in [0.15, 0.2) is 0 Å². The topological polar surface area (TPSA) is 49.4 Å². The van der Waals surface area contributed by atoms with Crippen molar-refractivity contribution in [2.75, 3.05) is 6.54 Å². The lowest BCUT2D eigenvalue weighted by molar-refractivity contribution is -0.141. The Labute approximate surface area is 210 Å². The van der Waals surface area contributed by atoms with Crippen molar-refractivity contribution in [3.8, 4) is 0 Å². The Bertz CT molecular complexity index is 1090. The van der Waals surface area contributed by atoms with Crippen LogP contribution in [0.1, 0.15) is 48.1 Å². The number of nitrogens with zero attached hydrogens (tertiary/aromatic N) is 1. The van der Waals surface area contributed by atoms with Crippen molar-refractivity contribution in [1.82, 2.24) is 10.2 Å². The van der Waals surface area contributed by atoms with E-state index in [1.807, 2.05) is 48.5 Å². The maximum atomic E-state index is 13.7. The number of rotatable bonds is 11. The molecule has 3 aromatic carbocycles. The second kappa shape index (κ2) is 12.9. The average molecular weight is 471 g/mol. The smallest absolute Gasteiger partial charge is 0.243 e. The monoisotopic (exact) mass is 470 g/mol. The highest BCUT2D eigenvalue weighted by Crippen LogP contribution is 2.19. The van der Waals surface area contributed by atoms with Gasteiger partial charge in [0.2, 0.25) is 11.8 Å². The summed E-state index contributed by atoms with van der Waals surface area (Å²) in [4.78, 5) is 29.0. The summed E-state index contributed by atoms with van der Waals surface area (Å²) >= 11 is 0. The zero-order chi connectivity index (χ0) is 25.2. The molecule has 0 aliphatic carbocycles. The fraction of sp³-hybridized carbons (Fsp3) is 0.355. The van der Waals surface area contributed by atoms with E-state index < -0.39 is 6.04 Å². The van der Waals surface area contributed by atoms with Crippen molar-refractivity contribution < 1.29 is 9.59 Å². The van der Waals surface area contributed by atoms with Crippen molar-refractivity contribution in [1.29, 1.82) is 0 Å². The molecule has 0 radical (unpaired) electrons. The predicted molar refractivity (Wildman–Crippen MR) is 143 cm³/mol. The van der Waals surface area contributed by atoms with Crippen LogP contribution in [-0.2, 0) is 29.0 Å². The van der Waals surface area contributed by atoms with Crippen LogP contribution < -0.4 is 5.32 Å². The third-order valence-electron chi connectivity index (χ3n) is 6.31. The fourth-order valence-electron chi connectivity index (χ4n) is 4.10. The molecule has 2 amide bonds. The van der Waals surface area contributed by atoms with Crippen molar-refractivity contribution in [2.45, 2.75) is 59.5 Å². The highest BCUT2D eigenvalue weighted by Gasteiger charge is 2.30. The van der Waals surface area contributed by atoms with E-state index in [2.05, 4.69) is 63.3 Å². The van der Waals surface area contributed by atoms with Crippen molar-refractivity contribution >= 4 is 11.8 Å². The zero-order valence-corrected chi connectivity index (χ0v) is 21.5. The zero-order valence-electron chi connectivity index (χ0n) is 21.5. The summed E-state index contributed by atoms with van der Waals surface area (Å²) in [6.45, 7) is 9.25. The molecule has 0 bridgehead atoms. The highest BCUT2D eigenvalue weighted by atomic mass is 16.2.